The molecule has 1 rings (SSSR count). The minimum atomic E-state index is 0.679. The lowest BCUT2D eigenvalue weighted by molar-refractivity contribution is 0.986. The number of rotatable bonds is 3. The first kappa shape index (κ1) is 9.74. The number of H-pyrrole nitrogens is 1. The van der Waals surface area contributed by atoms with E-state index in [0.717, 1.165) is 23.0 Å². The molecule has 0 aliphatic rings. The van der Waals surface area contributed by atoms with E-state index in [0.29, 0.717) is 4.64 Å². The van der Waals surface area contributed by atoms with Crippen LogP contribution in [0.15, 0.2) is 6.07 Å². The van der Waals surface area contributed by atoms with Gasteiger partial charge in [0.05, 0.1) is 5.75 Å². The molecule has 0 bridgehead atoms. The van der Waals surface area contributed by atoms with E-state index in [2.05, 4.69) is 16.9 Å². The lowest BCUT2D eigenvalue weighted by Gasteiger charge is -2.00. The Morgan fingerprint density at radius 3 is 3.00 bits per heavy atom. The summed E-state index contributed by atoms with van der Waals surface area (Å²) in [6.45, 7) is 4.13. The Bertz CT molecular complexity index is 306. The maximum Gasteiger partial charge on any atom is 0.130 e. The van der Waals surface area contributed by atoms with Crippen molar-refractivity contribution >= 4 is 24.0 Å². The highest BCUT2D eigenvalue weighted by Crippen LogP contribution is 2.07. The van der Waals surface area contributed by atoms with Gasteiger partial charge in [-0.05, 0) is 18.7 Å². The number of aromatic amines is 1. The summed E-state index contributed by atoms with van der Waals surface area (Å²) >= 11 is 6.84. The molecule has 0 aliphatic heterocycles. The Kier molecular flexibility index (Phi) is 3.75. The topological polar surface area (TPSA) is 28.7 Å². The summed E-state index contributed by atoms with van der Waals surface area (Å²) in [5, 5.41) is 0. The molecule has 1 heterocycles. The second-order valence-corrected chi connectivity index (χ2v) is 4.18. The summed E-state index contributed by atoms with van der Waals surface area (Å²) in [5.41, 5.74) is 1.08. The molecule has 0 amide bonds. The van der Waals surface area contributed by atoms with Gasteiger partial charge in [-0.2, -0.15) is 11.8 Å². The van der Waals surface area contributed by atoms with Gasteiger partial charge in [-0.3, -0.25) is 0 Å². The molecule has 0 aliphatic carbocycles. The smallest absolute Gasteiger partial charge is 0.130 e. The lowest BCUT2D eigenvalue weighted by Crippen LogP contribution is -1.94. The van der Waals surface area contributed by atoms with Gasteiger partial charge < -0.3 is 4.98 Å². The molecule has 0 atom stereocenters. The molecule has 66 valence electrons. The zero-order valence-corrected chi connectivity index (χ0v) is 8.89. The van der Waals surface area contributed by atoms with Crippen LogP contribution in [0.25, 0.3) is 0 Å². The third-order valence-electron chi connectivity index (χ3n) is 1.37. The van der Waals surface area contributed by atoms with E-state index in [4.69, 9.17) is 12.2 Å². The number of nitrogens with zero attached hydrogens (tertiary/aromatic N) is 1. The van der Waals surface area contributed by atoms with Gasteiger partial charge in [-0.25, -0.2) is 4.98 Å². The standard InChI is InChI=1S/C8H12N2S2/c1-3-12-5-7-9-6(2)4-8(11)10-7/h4H,3,5H2,1-2H3,(H,9,10,11). The predicted molar refractivity (Wildman–Crippen MR) is 56.0 cm³/mol. The van der Waals surface area contributed by atoms with Crippen molar-refractivity contribution in [1.29, 1.82) is 0 Å². The Hall–Kier alpha value is -0.350. The SMILES string of the molecule is CCSCc1nc(=S)cc(C)[nH]1. The molecule has 12 heavy (non-hydrogen) atoms. The molecule has 2 nitrogen and oxygen atoms in total. The van der Waals surface area contributed by atoms with Crippen molar-refractivity contribution in [2.75, 3.05) is 5.75 Å². The van der Waals surface area contributed by atoms with Crippen molar-refractivity contribution in [1.82, 2.24) is 9.97 Å². The van der Waals surface area contributed by atoms with E-state index in [1.807, 2.05) is 24.8 Å². The molecule has 0 radical (unpaired) electrons. The number of hydrogen-bond donors (Lipinski definition) is 1. The summed E-state index contributed by atoms with van der Waals surface area (Å²) in [4.78, 5) is 7.39. The Balaban J connectivity index is 2.79. The van der Waals surface area contributed by atoms with Crippen LogP contribution in [0.1, 0.15) is 18.4 Å². The summed E-state index contributed by atoms with van der Waals surface area (Å²) in [5.74, 6) is 3.00. The molecule has 0 spiro atoms. The lowest BCUT2D eigenvalue weighted by atomic mass is 10.4. The van der Waals surface area contributed by atoms with Gasteiger partial charge in [0.1, 0.15) is 10.5 Å². The van der Waals surface area contributed by atoms with E-state index in [9.17, 15) is 0 Å². The molecular formula is C8H12N2S2. The van der Waals surface area contributed by atoms with Crippen molar-refractivity contribution in [3.63, 3.8) is 0 Å². The summed E-state index contributed by atoms with van der Waals surface area (Å²) in [7, 11) is 0. The van der Waals surface area contributed by atoms with Gasteiger partial charge in [0.25, 0.3) is 0 Å². The minimum absolute atomic E-state index is 0.679. The normalized spacial score (nSPS) is 10.2. The van der Waals surface area contributed by atoms with Crippen LogP contribution < -0.4 is 0 Å². The highest BCUT2D eigenvalue weighted by atomic mass is 32.2. The van der Waals surface area contributed by atoms with Gasteiger partial charge >= 0.3 is 0 Å². The molecular weight excluding hydrogens is 188 g/mol. The quantitative estimate of drug-likeness (QED) is 0.761. The Morgan fingerprint density at radius 1 is 1.67 bits per heavy atom. The monoisotopic (exact) mass is 200 g/mol. The average molecular weight is 200 g/mol. The molecule has 4 heteroatoms. The van der Waals surface area contributed by atoms with E-state index in [1.165, 1.54) is 0 Å². The third kappa shape index (κ3) is 2.95. The van der Waals surface area contributed by atoms with Crippen molar-refractivity contribution in [2.24, 2.45) is 0 Å². The highest BCUT2D eigenvalue weighted by Gasteiger charge is 1.94. The van der Waals surface area contributed by atoms with Crippen LogP contribution in [0, 0.1) is 11.6 Å². The molecule has 0 fully saturated rings. The number of hydrogen-bond acceptors (Lipinski definition) is 3. The number of thioether (sulfide) groups is 1. The fourth-order valence-electron chi connectivity index (χ4n) is 0.909. The molecule has 1 aromatic rings. The number of aromatic nitrogens is 2. The molecule has 0 saturated carbocycles. The van der Waals surface area contributed by atoms with Crippen LogP contribution in [0.2, 0.25) is 0 Å². The zero-order chi connectivity index (χ0) is 8.97. The van der Waals surface area contributed by atoms with Crippen LogP contribution in [-0.4, -0.2) is 15.7 Å². The largest absolute Gasteiger partial charge is 0.347 e. The first-order valence-electron chi connectivity index (χ1n) is 3.87. The number of nitrogens with one attached hydrogen (secondary N) is 1. The summed E-state index contributed by atoms with van der Waals surface area (Å²) in [6.07, 6.45) is 0. The van der Waals surface area contributed by atoms with E-state index >= 15 is 0 Å². The van der Waals surface area contributed by atoms with E-state index < -0.39 is 0 Å². The summed E-state index contributed by atoms with van der Waals surface area (Å²) < 4.78 is 0.679. The molecule has 0 unspecified atom stereocenters. The van der Waals surface area contributed by atoms with Crippen LogP contribution >= 0.6 is 24.0 Å². The second-order valence-electron chi connectivity index (χ2n) is 2.49. The Labute approximate surface area is 81.8 Å². The van der Waals surface area contributed by atoms with Gasteiger partial charge in [-0.15, -0.1) is 0 Å². The maximum absolute atomic E-state index is 5.00. The predicted octanol–water partition coefficient (Wildman–Crippen LogP) is 2.70. The first-order chi connectivity index (χ1) is 5.72. The van der Waals surface area contributed by atoms with Crippen LogP contribution in [0.4, 0.5) is 0 Å². The highest BCUT2D eigenvalue weighted by molar-refractivity contribution is 7.98. The Morgan fingerprint density at radius 2 is 2.42 bits per heavy atom. The van der Waals surface area contributed by atoms with Crippen LogP contribution in [-0.2, 0) is 5.75 Å². The van der Waals surface area contributed by atoms with Gasteiger partial charge in [0.15, 0.2) is 0 Å². The van der Waals surface area contributed by atoms with Gasteiger partial charge in [-0.1, -0.05) is 19.1 Å². The van der Waals surface area contributed by atoms with Crippen molar-refractivity contribution < 1.29 is 0 Å². The molecule has 1 N–H and O–H groups in total. The van der Waals surface area contributed by atoms with Crippen molar-refractivity contribution in [3.8, 4) is 0 Å². The van der Waals surface area contributed by atoms with Crippen LogP contribution in [0.3, 0.4) is 0 Å². The third-order valence-corrected chi connectivity index (χ3v) is 2.46. The number of aryl methyl sites for hydroxylation is 1. The van der Waals surface area contributed by atoms with Gasteiger partial charge in [0, 0.05) is 5.69 Å². The molecule has 1 aromatic heterocycles. The molecule has 0 aromatic carbocycles. The minimum Gasteiger partial charge on any atom is -0.347 e. The van der Waals surface area contributed by atoms with E-state index in [1.54, 1.807) is 0 Å². The van der Waals surface area contributed by atoms with E-state index in [-0.39, 0.29) is 0 Å². The fraction of sp³-hybridized carbons (Fsp3) is 0.500. The molecule has 0 saturated heterocycles. The second kappa shape index (κ2) is 4.62. The van der Waals surface area contributed by atoms with Crippen LogP contribution in [0.5, 0.6) is 0 Å². The average Bonchev–Trinajstić information content (AvgIpc) is 1.99. The van der Waals surface area contributed by atoms with Crippen molar-refractivity contribution in [3.05, 3.63) is 22.2 Å². The first-order valence-corrected chi connectivity index (χ1v) is 5.43. The maximum atomic E-state index is 5.00. The van der Waals surface area contributed by atoms with Crippen molar-refractivity contribution in [2.45, 2.75) is 19.6 Å². The summed E-state index contributed by atoms with van der Waals surface area (Å²) in [6, 6.07) is 1.87. The fourth-order valence-corrected chi connectivity index (χ4v) is 1.73. The van der Waals surface area contributed by atoms with Gasteiger partial charge in [0.2, 0.25) is 0 Å². The zero-order valence-electron chi connectivity index (χ0n) is 7.26.